The average molecular weight is 376 g/mol. The first kappa shape index (κ1) is 20.3. The van der Waals surface area contributed by atoms with E-state index in [2.05, 4.69) is 5.32 Å². The number of methoxy groups -OCH3 is 1. The molecule has 0 radical (unpaired) electrons. The second-order valence-electron chi connectivity index (χ2n) is 6.99. The van der Waals surface area contributed by atoms with Crippen molar-refractivity contribution in [2.75, 3.05) is 20.2 Å². The number of hydrogen-bond donors (Lipinski definition) is 1. The largest absolute Gasteiger partial charge is 0.464 e. The number of hydrogen-bond acceptors (Lipinski definition) is 6. The number of carbonyl (C=O) groups excluding carboxylic acids is 3. The van der Waals surface area contributed by atoms with Crippen molar-refractivity contribution in [3.05, 3.63) is 47.2 Å². The van der Waals surface area contributed by atoms with Crippen molar-refractivity contribution < 1.29 is 28.6 Å². The van der Waals surface area contributed by atoms with Gasteiger partial charge in [-0.2, -0.15) is 0 Å². The third-order valence-electron chi connectivity index (χ3n) is 3.60. The van der Waals surface area contributed by atoms with Gasteiger partial charge >= 0.3 is 18.2 Å². The van der Waals surface area contributed by atoms with E-state index >= 15 is 0 Å². The SMILES string of the molecule is COC(=O)C(NC(=O)OC(C)(C)C)=C1CN(C(=O)OCc2ccccc2)C1. The number of carbonyl (C=O) groups is 3. The zero-order chi connectivity index (χ0) is 20.0. The molecule has 0 unspecified atom stereocenters. The van der Waals surface area contributed by atoms with E-state index < -0.39 is 23.8 Å². The van der Waals surface area contributed by atoms with Gasteiger partial charge in [0.2, 0.25) is 0 Å². The van der Waals surface area contributed by atoms with Crippen molar-refractivity contribution in [3.8, 4) is 0 Å². The molecule has 1 saturated heterocycles. The van der Waals surface area contributed by atoms with Crippen LogP contribution >= 0.6 is 0 Å². The number of esters is 1. The third-order valence-corrected chi connectivity index (χ3v) is 3.60. The normalized spacial score (nSPS) is 13.3. The molecule has 0 spiro atoms. The highest BCUT2D eigenvalue weighted by atomic mass is 16.6. The van der Waals surface area contributed by atoms with Gasteiger partial charge in [0.25, 0.3) is 0 Å². The predicted molar refractivity (Wildman–Crippen MR) is 96.6 cm³/mol. The van der Waals surface area contributed by atoms with E-state index in [0.29, 0.717) is 5.57 Å². The highest BCUT2D eigenvalue weighted by Crippen LogP contribution is 2.20. The van der Waals surface area contributed by atoms with Gasteiger partial charge in [0.15, 0.2) is 0 Å². The molecule has 1 aromatic carbocycles. The summed E-state index contributed by atoms with van der Waals surface area (Å²) in [5, 5.41) is 2.41. The van der Waals surface area contributed by atoms with Crippen LogP contribution in [0.2, 0.25) is 0 Å². The number of rotatable bonds is 4. The highest BCUT2D eigenvalue weighted by Gasteiger charge is 2.33. The zero-order valence-electron chi connectivity index (χ0n) is 15.9. The Hall–Kier alpha value is -3.03. The van der Waals surface area contributed by atoms with Crippen molar-refractivity contribution in [1.82, 2.24) is 10.2 Å². The van der Waals surface area contributed by atoms with Gasteiger partial charge < -0.3 is 14.2 Å². The maximum atomic E-state index is 12.1. The number of nitrogens with zero attached hydrogens (tertiary/aromatic N) is 1. The Bertz CT molecular complexity index is 728. The van der Waals surface area contributed by atoms with Crippen LogP contribution < -0.4 is 5.32 Å². The first-order valence-corrected chi connectivity index (χ1v) is 8.45. The van der Waals surface area contributed by atoms with E-state index in [4.69, 9.17) is 14.2 Å². The number of alkyl carbamates (subject to hydrolysis) is 1. The fraction of sp³-hybridized carbons (Fsp3) is 0.421. The van der Waals surface area contributed by atoms with Gasteiger partial charge in [-0.25, -0.2) is 14.4 Å². The Labute approximate surface area is 158 Å². The molecule has 1 fully saturated rings. The summed E-state index contributed by atoms with van der Waals surface area (Å²) in [7, 11) is 1.21. The van der Waals surface area contributed by atoms with Crippen LogP contribution in [-0.4, -0.2) is 48.9 Å². The minimum atomic E-state index is -0.763. The molecule has 1 N–H and O–H groups in total. The molecule has 1 heterocycles. The summed E-state index contributed by atoms with van der Waals surface area (Å²) in [6.45, 7) is 5.62. The first-order chi connectivity index (χ1) is 12.7. The van der Waals surface area contributed by atoms with Gasteiger partial charge in [0, 0.05) is 13.1 Å². The standard InChI is InChI=1S/C19H24N2O6/c1-19(2,3)27-17(23)20-15(16(22)25-4)14-10-21(11-14)18(24)26-12-13-8-6-5-7-9-13/h5-9H,10-12H2,1-4H3,(H,20,23). The number of ether oxygens (including phenoxy) is 3. The maximum absolute atomic E-state index is 12.1. The molecule has 146 valence electrons. The Balaban J connectivity index is 1.94. The van der Waals surface area contributed by atoms with E-state index in [1.54, 1.807) is 20.8 Å². The molecule has 0 bridgehead atoms. The Morgan fingerprint density at radius 3 is 2.30 bits per heavy atom. The molecule has 1 aromatic rings. The lowest BCUT2D eigenvalue weighted by Gasteiger charge is -2.34. The summed E-state index contributed by atoms with van der Waals surface area (Å²) in [5.41, 5.74) is 0.718. The summed E-state index contributed by atoms with van der Waals surface area (Å²) in [6, 6.07) is 9.31. The summed E-state index contributed by atoms with van der Waals surface area (Å²) in [5.74, 6) is -0.701. The summed E-state index contributed by atoms with van der Waals surface area (Å²) in [6.07, 6.45) is -1.26. The molecule has 0 aliphatic carbocycles. The van der Waals surface area contributed by atoms with Crippen LogP contribution in [0.25, 0.3) is 0 Å². The van der Waals surface area contributed by atoms with Gasteiger partial charge in [-0.05, 0) is 31.9 Å². The van der Waals surface area contributed by atoms with Crippen LogP contribution in [0.5, 0.6) is 0 Å². The van der Waals surface area contributed by atoms with E-state index in [0.717, 1.165) is 5.56 Å². The monoisotopic (exact) mass is 376 g/mol. The number of benzene rings is 1. The molecule has 1 aliphatic heterocycles. The van der Waals surface area contributed by atoms with Gasteiger partial charge in [-0.15, -0.1) is 0 Å². The average Bonchev–Trinajstić information content (AvgIpc) is 2.56. The van der Waals surface area contributed by atoms with Crippen LogP contribution in [0.3, 0.4) is 0 Å². The molecule has 0 saturated carbocycles. The molecule has 1 aliphatic rings. The lowest BCUT2D eigenvalue weighted by molar-refractivity contribution is -0.136. The molecular weight excluding hydrogens is 352 g/mol. The fourth-order valence-electron chi connectivity index (χ4n) is 2.30. The summed E-state index contributed by atoms with van der Waals surface area (Å²) >= 11 is 0. The maximum Gasteiger partial charge on any atom is 0.412 e. The van der Waals surface area contributed by atoms with Crippen LogP contribution in [-0.2, 0) is 25.6 Å². The molecule has 0 aromatic heterocycles. The molecule has 8 heteroatoms. The van der Waals surface area contributed by atoms with Gasteiger partial charge in [0.05, 0.1) is 7.11 Å². The molecule has 2 amide bonds. The summed E-state index contributed by atoms with van der Waals surface area (Å²) < 4.78 is 15.1. The fourth-order valence-corrected chi connectivity index (χ4v) is 2.30. The second-order valence-corrected chi connectivity index (χ2v) is 6.99. The molecule has 2 rings (SSSR count). The zero-order valence-corrected chi connectivity index (χ0v) is 15.9. The summed E-state index contributed by atoms with van der Waals surface area (Å²) in [4.78, 5) is 37.4. The number of likely N-dealkylation sites (tertiary alicyclic amines) is 1. The topological polar surface area (TPSA) is 94.2 Å². The second kappa shape index (κ2) is 8.57. The number of amides is 2. The molecular formula is C19H24N2O6. The van der Waals surface area contributed by atoms with Gasteiger partial charge in [-0.1, -0.05) is 30.3 Å². The van der Waals surface area contributed by atoms with Crippen LogP contribution in [0.15, 0.2) is 41.6 Å². The molecule has 8 nitrogen and oxygen atoms in total. The van der Waals surface area contributed by atoms with Crippen LogP contribution in [0, 0.1) is 0 Å². The van der Waals surface area contributed by atoms with Crippen molar-refractivity contribution in [1.29, 1.82) is 0 Å². The van der Waals surface area contributed by atoms with Crippen LogP contribution in [0.4, 0.5) is 9.59 Å². The van der Waals surface area contributed by atoms with Crippen molar-refractivity contribution >= 4 is 18.2 Å². The number of nitrogens with one attached hydrogen (secondary N) is 1. The van der Waals surface area contributed by atoms with Crippen molar-refractivity contribution in [2.24, 2.45) is 0 Å². The Morgan fingerprint density at radius 1 is 1.11 bits per heavy atom. The van der Waals surface area contributed by atoms with Crippen LogP contribution in [0.1, 0.15) is 26.3 Å². The van der Waals surface area contributed by atoms with E-state index in [1.165, 1.54) is 12.0 Å². The highest BCUT2D eigenvalue weighted by molar-refractivity contribution is 5.93. The van der Waals surface area contributed by atoms with Crippen molar-refractivity contribution in [2.45, 2.75) is 33.0 Å². The van der Waals surface area contributed by atoms with E-state index in [1.807, 2.05) is 30.3 Å². The smallest absolute Gasteiger partial charge is 0.412 e. The lowest BCUT2D eigenvalue weighted by Crippen LogP contribution is -2.48. The quantitative estimate of drug-likeness (QED) is 0.493. The molecule has 0 atom stereocenters. The Morgan fingerprint density at radius 2 is 1.74 bits per heavy atom. The van der Waals surface area contributed by atoms with Crippen molar-refractivity contribution in [3.63, 3.8) is 0 Å². The minimum Gasteiger partial charge on any atom is -0.464 e. The van der Waals surface area contributed by atoms with E-state index in [9.17, 15) is 14.4 Å². The van der Waals surface area contributed by atoms with Gasteiger partial charge in [0.1, 0.15) is 17.9 Å². The predicted octanol–water partition coefficient (Wildman–Crippen LogP) is 2.59. The third kappa shape index (κ3) is 6.02. The van der Waals surface area contributed by atoms with Gasteiger partial charge in [-0.3, -0.25) is 10.2 Å². The lowest BCUT2D eigenvalue weighted by atomic mass is 10.1. The minimum absolute atomic E-state index is 0.0149. The molecule has 27 heavy (non-hydrogen) atoms. The van der Waals surface area contributed by atoms with E-state index in [-0.39, 0.29) is 25.4 Å². The Kier molecular flexibility index (Phi) is 6.44. The first-order valence-electron chi connectivity index (χ1n) is 8.45.